The molecule has 0 aliphatic heterocycles. The summed E-state index contributed by atoms with van der Waals surface area (Å²) in [6, 6.07) is 0. The van der Waals surface area contributed by atoms with Crippen LogP contribution in [-0.4, -0.2) is 17.0 Å². The summed E-state index contributed by atoms with van der Waals surface area (Å²) in [5, 5.41) is 5.34. The van der Waals surface area contributed by atoms with Crippen molar-refractivity contribution in [1.82, 2.24) is 9.97 Å². The van der Waals surface area contributed by atoms with Crippen molar-refractivity contribution < 1.29 is 0 Å². The van der Waals surface area contributed by atoms with Crippen molar-refractivity contribution in [2.24, 2.45) is 0 Å². The van der Waals surface area contributed by atoms with E-state index < -0.39 is 0 Å². The first kappa shape index (κ1) is 8.72. The molecule has 68 valence electrons. The third-order valence-electron chi connectivity index (χ3n) is 1.80. The van der Waals surface area contributed by atoms with Crippen molar-refractivity contribution in [3.63, 3.8) is 0 Å². The van der Waals surface area contributed by atoms with Crippen LogP contribution in [0.5, 0.6) is 0 Å². The number of aromatic nitrogens is 2. The topological polar surface area (TPSA) is 37.8 Å². The van der Waals surface area contributed by atoms with Crippen LogP contribution in [0.25, 0.3) is 10.2 Å². The maximum absolute atomic E-state index is 5.77. The molecule has 3 nitrogen and oxygen atoms in total. The average molecular weight is 214 g/mol. The number of halogens is 1. The summed E-state index contributed by atoms with van der Waals surface area (Å²) < 4.78 is 1.06. The lowest BCUT2D eigenvalue weighted by Crippen LogP contribution is -1.94. The van der Waals surface area contributed by atoms with Crippen LogP contribution in [-0.2, 0) is 0 Å². The van der Waals surface area contributed by atoms with Crippen molar-refractivity contribution in [3.8, 4) is 0 Å². The van der Waals surface area contributed by atoms with Gasteiger partial charge in [-0.15, -0.1) is 11.3 Å². The zero-order valence-electron chi connectivity index (χ0n) is 7.26. The van der Waals surface area contributed by atoms with E-state index in [1.807, 2.05) is 14.0 Å². The molecule has 0 fully saturated rings. The third-order valence-corrected chi connectivity index (χ3v) is 3.06. The second kappa shape index (κ2) is 3.12. The van der Waals surface area contributed by atoms with Gasteiger partial charge in [-0.1, -0.05) is 0 Å². The van der Waals surface area contributed by atoms with E-state index in [0.717, 1.165) is 21.6 Å². The van der Waals surface area contributed by atoms with E-state index in [1.54, 1.807) is 11.3 Å². The van der Waals surface area contributed by atoms with Gasteiger partial charge in [-0.05, 0) is 29.5 Å². The summed E-state index contributed by atoms with van der Waals surface area (Å²) in [5.41, 5.74) is 2.08. The maximum atomic E-state index is 5.77. The first-order valence-corrected chi connectivity index (χ1v) is 5.07. The highest BCUT2D eigenvalue weighted by molar-refractivity contribution is 7.18. The van der Waals surface area contributed by atoms with E-state index in [4.69, 9.17) is 11.6 Å². The van der Waals surface area contributed by atoms with Crippen LogP contribution < -0.4 is 5.32 Å². The Labute approximate surface area is 84.8 Å². The van der Waals surface area contributed by atoms with E-state index in [2.05, 4.69) is 20.7 Å². The predicted molar refractivity (Wildman–Crippen MR) is 56.7 cm³/mol. The molecule has 0 aliphatic rings. The zero-order chi connectivity index (χ0) is 9.42. The molecule has 0 amide bonds. The van der Waals surface area contributed by atoms with E-state index >= 15 is 0 Å². The lowest BCUT2D eigenvalue weighted by Gasteiger charge is -2.00. The molecule has 2 aromatic heterocycles. The minimum Gasteiger partial charge on any atom is -0.372 e. The smallest absolute Gasteiger partial charge is 0.224 e. The van der Waals surface area contributed by atoms with Gasteiger partial charge in [0.05, 0.1) is 10.2 Å². The molecule has 0 saturated heterocycles. The molecule has 0 aliphatic carbocycles. The molecule has 0 radical (unpaired) electrons. The van der Waals surface area contributed by atoms with Crippen LogP contribution in [0.3, 0.4) is 0 Å². The van der Waals surface area contributed by atoms with Crippen molar-refractivity contribution >= 4 is 39.0 Å². The number of hydrogen-bond acceptors (Lipinski definition) is 4. The summed E-state index contributed by atoms with van der Waals surface area (Å²) in [5.74, 6) is 0.799. The minimum absolute atomic E-state index is 0.290. The van der Waals surface area contributed by atoms with E-state index in [1.165, 1.54) is 0 Å². The number of nitrogens with zero attached hydrogens (tertiary/aromatic N) is 2. The van der Waals surface area contributed by atoms with Gasteiger partial charge in [0.25, 0.3) is 0 Å². The highest BCUT2D eigenvalue weighted by Crippen LogP contribution is 2.29. The summed E-state index contributed by atoms with van der Waals surface area (Å²) in [6.07, 6.45) is 0. The van der Waals surface area contributed by atoms with Gasteiger partial charge in [0.2, 0.25) is 5.28 Å². The van der Waals surface area contributed by atoms with E-state index in [9.17, 15) is 0 Å². The van der Waals surface area contributed by atoms with Crippen molar-refractivity contribution in [3.05, 3.63) is 16.2 Å². The molecule has 13 heavy (non-hydrogen) atoms. The normalized spacial score (nSPS) is 10.7. The number of anilines is 1. The zero-order valence-corrected chi connectivity index (χ0v) is 8.83. The molecule has 0 spiro atoms. The Morgan fingerprint density at radius 3 is 2.92 bits per heavy atom. The average Bonchev–Trinajstić information content (AvgIpc) is 2.47. The van der Waals surface area contributed by atoms with Crippen LogP contribution >= 0.6 is 22.9 Å². The van der Waals surface area contributed by atoms with Crippen LogP contribution in [0.1, 0.15) is 5.56 Å². The molecule has 5 heteroatoms. The third kappa shape index (κ3) is 1.36. The Hall–Kier alpha value is -0.870. The minimum atomic E-state index is 0.290. The van der Waals surface area contributed by atoms with Gasteiger partial charge >= 0.3 is 0 Å². The molecular weight excluding hydrogens is 206 g/mol. The fourth-order valence-electron chi connectivity index (χ4n) is 1.17. The van der Waals surface area contributed by atoms with Gasteiger partial charge in [0.1, 0.15) is 5.82 Å². The fraction of sp³-hybridized carbons (Fsp3) is 0.250. The van der Waals surface area contributed by atoms with Crippen LogP contribution in [0.15, 0.2) is 5.38 Å². The highest BCUT2D eigenvalue weighted by Gasteiger charge is 2.08. The lowest BCUT2D eigenvalue weighted by atomic mass is 10.3. The second-order valence-electron chi connectivity index (χ2n) is 2.69. The monoisotopic (exact) mass is 213 g/mol. The molecule has 0 bridgehead atoms. The first-order chi connectivity index (χ1) is 6.22. The fourth-order valence-corrected chi connectivity index (χ4v) is 2.33. The summed E-state index contributed by atoms with van der Waals surface area (Å²) in [6.45, 7) is 2.02. The van der Waals surface area contributed by atoms with Gasteiger partial charge in [-0.2, -0.15) is 4.98 Å². The number of rotatable bonds is 1. The molecule has 0 atom stereocenters. The standard InChI is InChI=1S/C8H8ClN3S/c1-4-3-13-6-5(4)11-8(9)12-7(6)10-2/h3H,1-2H3,(H,10,11,12). The molecule has 2 heterocycles. The molecule has 0 saturated carbocycles. The number of thiophene rings is 1. The van der Waals surface area contributed by atoms with Gasteiger partial charge in [0.15, 0.2) is 0 Å². The van der Waals surface area contributed by atoms with Gasteiger partial charge in [0, 0.05) is 7.05 Å². The first-order valence-electron chi connectivity index (χ1n) is 3.81. The van der Waals surface area contributed by atoms with Crippen molar-refractivity contribution in [1.29, 1.82) is 0 Å². The highest BCUT2D eigenvalue weighted by atomic mass is 35.5. The number of nitrogens with one attached hydrogen (secondary N) is 1. The van der Waals surface area contributed by atoms with E-state index in [-0.39, 0.29) is 0 Å². The molecule has 0 aromatic carbocycles. The van der Waals surface area contributed by atoms with Gasteiger partial charge in [-0.25, -0.2) is 4.98 Å². The SMILES string of the molecule is CNc1nc(Cl)nc2c(C)csc12. The number of aryl methyl sites for hydroxylation is 1. The molecular formula is C8H8ClN3S. The van der Waals surface area contributed by atoms with Crippen molar-refractivity contribution in [2.45, 2.75) is 6.92 Å². The maximum Gasteiger partial charge on any atom is 0.224 e. The molecule has 2 rings (SSSR count). The summed E-state index contributed by atoms with van der Waals surface area (Å²) in [7, 11) is 1.83. The van der Waals surface area contributed by atoms with Crippen molar-refractivity contribution in [2.75, 3.05) is 12.4 Å². The Morgan fingerprint density at radius 1 is 1.46 bits per heavy atom. The Morgan fingerprint density at radius 2 is 2.23 bits per heavy atom. The molecule has 2 aromatic rings. The van der Waals surface area contributed by atoms with Gasteiger partial charge in [-0.3, -0.25) is 0 Å². The predicted octanol–water partition coefficient (Wildman–Crippen LogP) is 2.69. The number of hydrogen-bond donors (Lipinski definition) is 1. The van der Waals surface area contributed by atoms with Crippen LogP contribution in [0.2, 0.25) is 5.28 Å². The van der Waals surface area contributed by atoms with Crippen LogP contribution in [0.4, 0.5) is 5.82 Å². The summed E-state index contributed by atoms with van der Waals surface area (Å²) in [4.78, 5) is 8.26. The second-order valence-corrected chi connectivity index (χ2v) is 3.91. The lowest BCUT2D eigenvalue weighted by molar-refractivity contribution is 1.21. The largest absolute Gasteiger partial charge is 0.372 e. The van der Waals surface area contributed by atoms with Gasteiger partial charge < -0.3 is 5.32 Å². The number of fused-ring (bicyclic) bond motifs is 1. The quantitative estimate of drug-likeness (QED) is 0.741. The Kier molecular flexibility index (Phi) is 2.09. The summed E-state index contributed by atoms with van der Waals surface area (Å²) >= 11 is 7.40. The molecule has 0 unspecified atom stereocenters. The Balaban J connectivity index is 2.84. The Bertz CT molecular complexity index is 452. The van der Waals surface area contributed by atoms with E-state index in [0.29, 0.717) is 5.28 Å². The molecule has 1 N–H and O–H groups in total. The van der Waals surface area contributed by atoms with Crippen LogP contribution in [0, 0.1) is 6.92 Å².